The van der Waals surface area contributed by atoms with E-state index in [0.29, 0.717) is 11.6 Å². The van der Waals surface area contributed by atoms with E-state index in [-0.39, 0.29) is 5.91 Å². The second-order valence-corrected chi connectivity index (χ2v) is 7.20. The molecule has 5 nitrogen and oxygen atoms in total. The summed E-state index contributed by atoms with van der Waals surface area (Å²) >= 11 is 0. The van der Waals surface area contributed by atoms with Crippen LogP contribution in [0.15, 0.2) is 36.7 Å². The van der Waals surface area contributed by atoms with Gasteiger partial charge in [-0.15, -0.1) is 0 Å². The molecule has 3 heterocycles. The number of benzene rings is 1. The quantitative estimate of drug-likeness (QED) is 0.846. The molecule has 0 radical (unpaired) electrons. The van der Waals surface area contributed by atoms with Crippen molar-refractivity contribution in [2.75, 3.05) is 24.5 Å². The van der Waals surface area contributed by atoms with Gasteiger partial charge in [-0.3, -0.25) is 4.79 Å². The Bertz CT molecular complexity index is 776. The predicted molar refractivity (Wildman–Crippen MR) is 97.5 cm³/mol. The number of hydrogen-bond donors (Lipinski definition) is 0. The molecule has 0 spiro atoms. The summed E-state index contributed by atoms with van der Waals surface area (Å²) in [5.74, 6) is 1.45. The minimum atomic E-state index is 0.0348. The minimum absolute atomic E-state index is 0.0348. The number of aromatic nitrogens is 2. The molecule has 25 heavy (non-hydrogen) atoms. The molecule has 130 valence electrons. The Kier molecular flexibility index (Phi) is 4.38. The number of carbonyl (C=O) groups is 1. The highest BCUT2D eigenvalue weighted by Crippen LogP contribution is 2.24. The van der Waals surface area contributed by atoms with E-state index in [1.807, 2.05) is 11.0 Å². The molecule has 5 heteroatoms. The lowest BCUT2D eigenvalue weighted by atomic mass is 9.99. The molecule has 1 aromatic heterocycles. The largest absolute Gasteiger partial charge is 0.352 e. The molecule has 1 unspecified atom stereocenters. The fraction of sp³-hybridized carbons (Fsp3) is 0.450. The van der Waals surface area contributed by atoms with Gasteiger partial charge in [0.25, 0.3) is 5.91 Å². The van der Waals surface area contributed by atoms with Gasteiger partial charge in [-0.1, -0.05) is 31.2 Å². The summed E-state index contributed by atoms with van der Waals surface area (Å²) in [6, 6.07) is 10.4. The average Bonchev–Trinajstić information content (AvgIpc) is 2.67. The molecule has 0 bridgehead atoms. The van der Waals surface area contributed by atoms with Crippen molar-refractivity contribution in [1.29, 1.82) is 0 Å². The second-order valence-electron chi connectivity index (χ2n) is 7.20. The van der Waals surface area contributed by atoms with E-state index in [9.17, 15) is 4.79 Å². The summed E-state index contributed by atoms with van der Waals surface area (Å²) in [5, 5.41) is 0. The zero-order chi connectivity index (χ0) is 17.2. The standard InChI is InChI=1S/C20H24N4O/c1-15-5-4-9-24(12-15)20(25)18-11-19(22-14-21-18)23-10-8-16-6-2-3-7-17(16)13-23/h2-3,6-7,11,14-15H,4-5,8-10,12-13H2,1H3. The molecule has 4 rings (SSSR count). The van der Waals surface area contributed by atoms with Crippen LogP contribution in [0.25, 0.3) is 0 Å². The van der Waals surface area contributed by atoms with Gasteiger partial charge in [-0.25, -0.2) is 9.97 Å². The molecule has 2 aromatic rings. The number of likely N-dealkylation sites (tertiary alicyclic amines) is 1. The van der Waals surface area contributed by atoms with Crippen LogP contribution in [-0.4, -0.2) is 40.4 Å². The molecular formula is C20H24N4O. The maximum atomic E-state index is 12.8. The van der Waals surface area contributed by atoms with Crippen molar-refractivity contribution >= 4 is 11.7 Å². The average molecular weight is 336 g/mol. The van der Waals surface area contributed by atoms with Crippen LogP contribution in [0.3, 0.4) is 0 Å². The number of hydrogen-bond acceptors (Lipinski definition) is 4. The SMILES string of the molecule is CC1CCCN(C(=O)c2cc(N3CCc4ccccc4C3)ncn2)C1. The molecule has 1 atom stereocenters. The summed E-state index contributed by atoms with van der Waals surface area (Å²) in [6.07, 6.45) is 4.81. The highest BCUT2D eigenvalue weighted by molar-refractivity contribution is 5.93. The van der Waals surface area contributed by atoms with E-state index in [0.717, 1.165) is 44.8 Å². The Labute approximate surface area is 148 Å². The van der Waals surface area contributed by atoms with E-state index >= 15 is 0 Å². The van der Waals surface area contributed by atoms with Gasteiger partial charge in [0.2, 0.25) is 0 Å². The Hall–Kier alpha value is -2.43. The molecule has 2 aliphatic rings. The lowest BCUT2D eigenvalue weighted by Crippen LogP contribution is -2.39. The number of fused-ring (bicyclic) bond motifs is 1. The number of nitrogens with zero attached hydrogens (tertiary/aromatic N) is 4. The number of anilines is 1. The summed E-state index contributed by atoms with van der Waals surface area (Å²) < 4.78 is 0. The van der Waals surface area contributed by atoms with Gasteiger partial charge in [0, 0.05) is 32.2 Å². The van der Waals surface area contributed by atoms with Crippen molar-refractivity contribution in [3.63, 3.8) is 0 Å². The fourth-order valence-corrected chi connectivity index (χ4v) is 3.86. The minimum Gasteiger partial charge on any atom is -0.352 e. The van der Waals surface area contributed by atoms with E-state index in [4.69, 9.17) is 0 Å². The second kappa shape index (κ2) is 6.82. The maximum absolute atomic E-state index is 12.8. The first-order valence-corrected chi connectivity index (χ1v) is 9.14. The highest BCUT2D eigenvalue weighted by atomic mass is 16.2. The summed E-state index contributed by atoms with van der Waals surface area (Å²) in [4.78, 5) is 25.6. The van der Waals surface area contributed by atoms with E-state index < -0.39 is 0 Å². The lowest BCUT2D eigenvalue weighted by molar-refractivity contribution is 0.0677. The van der Waals surface area contributed by atoms with E-state index in [1.54, 1.807) is 0 Å². The Morgan fingerprint density at radius 2 is 2.00 bits per heavy atom. The molecule has 0 saturated carbocycles. The van der Waals surface area contributed by atoms with Crippen LogP contribution in [0.5, 0.6) is 0 Å². The van der Waals surface area contributed by atoms with Gasteiger partial charge in [0.05, 0.1) is 0 Å². The van der Waals surface area contributed by atoms with Crippen molar-refractivity contribution in [3.8, 4) is 0 Å². The molecule has 1 saturated heterocycles. The van der Waals surface area contributed by atoms with Gasteiger partial charge in [0.1, 0.15) is 17.8 Å². The van der Waals surface area contributed by atoms with Crippen molar-refractivity contribution in [1.82, 2.24) is 14.9 Å². The number of amides is 1. The maximum Gasteiger partial charge on any atom is 0.272 e. The van der Waals surface area contributed by atoms with Crippen LogP contribution < -0.4 is 4.90 Å². The zero-order valence-corrected chi connectivity index (χ0v) is 14.7. The van der Waals surface area contributed by atoms with Gasteiger partial charge >= 0.3 is 0 Å². The van der Waals surface area contributed by atoms with Crippen LogP contribution in [-0.2, 0) is 13.0 Å². The van der Waals surface area contributed by atoms with Crippen LogP contribution in [0, 0.1) is 5.92 Å². The predicted octanol–water partition coefficient (Wildman–Crippen LogP) is 2.91. The third-order valence-electron chi connectivity index (χ3n) is 5.27. The first kappa shape index (κ1) is 16.1. The van der Waals surface area contributed by atoms with Crippen LogP contribution in [0.4, 0.5) is 5.82 Å². The lowest BCUT2D eigenvalue weighted by Gasteiger charge is -2.31. The first-order chi connectivity index (χ1) is 12.2. The Morgan fingerprint density at radius 3 is 2.84 bits per heavy atom. The summed E-state index contributed by atoms with van der Waals surface area (Å²) in [7, 11) is 0. The molecule has 0 aliphatic carbocycles. The van der Waals surface area contributed by atoms with Crippen LogP contribution >= 0.6 is 0 Å². The van der Waals surface area contributed by atoms with Crippen LogP contribution in [0.2, 0.25) is 0 Å². The van der Waals surface area contributed by atoms with Gasteiger partial charge in [-0.05, 0) is 36.3 Å². The molecule has 1 amide bonds. The topological polar surface area (TPSA) is 49.3 Å². The van der Waals surface area contributed by atoms with Gasteiger partial charge in [-0.2, -0.15) is 0 Å². The van der Waals surface area contributed by atoms with Crippen molar-refractivity contribution < 1.29 is 4.79 Å². The highest BCUT2D eigenvalue weighted by Gasteiger charge is 2.24. The zero-order valence-electron chi connectivity index (χ0n) is 14.7. The summed E-state index contributed by atoms with van der Waals surface area (Å²) in [5.41, 5.74) is 3.26. The molecule has 0 N–H and O–H groups in total. The van der Waals surface area contributed by atoms with Gasteiger partial charge in [0.15, 0.2) is 0 Å². The molecule has 1 fully saturated rings. The molecular weight excluding hydrogens is 312 g/mol. The fourth-order valence-electron chi connectivity index (χ4n) is 3.86. The normalized spacial score (nSPS) is 20.3. The Balaban J connectivity index is 1.53. The third-order valence-corrected chi connectivity index (χ3v) is 5.27. The van der Waals surface area contributed by atoms with Gasteiger partial charge < -0.3 is 9.80 Å². The first-order valence-electron chi connectivity index (χ1n) is 9.14. The van der Waals surface area contributed by atoms with Crippen molar-refractivity contribution in [2.24, 2.45) is 5.92 Å². The molecule has 1 aromatic carbocycles. The van der Waals surface area contributed by atoms with E-state index in [2.05, 4.69) is 46.1 Å². The number of piperidine rings is 1. The smallest absolute Gasteiger partial charge is 0.272 e. The number of carbonyl (C=O) groups excluding carboxylic acids is 1. The Morgan fingerprint density at radius 1 is 1.16 bits per heavy atom. The monoisotopic (exact) mass is 336 g/mol. The molecule has 2 aliphatic heterocycles. The van der Waals surface area contributed by atoms with Crippen LogP contribution in [0.1, 0.15) is 41.4 Å². The van der Waals surface area contributed by atoms with Crippen molar-refractivity contribution in [2.45, 2.75) is 32.7 Å². The third kappa shape index (κ3) is 3.36. The van der Waals surface area contributed by atoms with E-state index in [1.165, 1.54) is 23.9 Å². The number of rotatable bonds is 2. The summed E-state index contributed by atoms with van der Waals surface area (Å²) in [6.45, 7) is 5.62. The van der Waals surface area contributed by atoms with Crippen molar-refractivity contribution in [3.05, 3.63) is 53.5 Å².